The lowest BCUT2D eigenvalue weighted by molar-refractivity contribution is -0.215. The van der Waals surface area contributed by atoms with Crippen LogP contribution in [0.2, 0.25) is 0 Å². The number of rotatable bonds is 5. The first-order valence-corrected chi connectivity index (χ1v) is 16.1. The summed E-state index contributed by atoms with van der Waals surface area (Å²) in [6, 6.07) is 8.36. The Hall–Kier alpha value is -2.98. The van der Waals surface area contributed by atoms with Gasteiger partial charge in [-0.1, -0.05) is 39.0 Å². The van der Waals surface area contributed by atoms with Crippen molar-refractivity contribution in [1.29, 1.82) is 0 Å². The molecule has 3 N–H and O–H groups in total. The number of benzene rings is 1. The Kier molecular flexibility index (Phi) is 5.59. The third kappa shape index (κ3) is 3.24. The fraction of sp³-hybridized carbons (Fsp3) is 0.706. The van der Waals surface area contributed by atoms with E-state index in [-0.39, 0.29) is 29.2 Å². The molecule has 8 fully saturated rings. The molecule has 5 aliphatic carbocycles. The fourth-order valence-electron chi connectivity index (χ4n) is 11.9. The summed E-state index contributed by atoms with van der Waals surface area (Å²) in [7, 11) is 0. The number of carbonyl (C=O) groups excluding carboxylic acids is 4. The van der Waals surface area contributed by atoms with E-state index in [9.17, 15) is 24.3 Å². The van der Waals surface area contributed by atoms with Crippen LogP contribution in [0.4, 0.5) is 0 Å². The summed E-state index contributed by atoms with van der Waals surface area (Å²) in [4.78, 5) is 57.3. The molecule has 9 rings (SSSR count). The van der Waals surface area contributed by atoms with Gasteiger partial charge in [0.1, 0.15) is 16.9 Å². The molecule has 4 bridgehead atoms. The first-order chi connectivity index (χ1) is 20.7. The van der Waals surface area contributed by atoms with Crippen LogP contribution < -0.4 is 5.73 Å². The predicted octanol–water partition coefficient (Wildman–Crippen LogP) is 2.95. The molecule has 10 nitrogen and oxygen atoms in total. The van der Waals surface area contributed by atoms with Crippen molar-refractivity contribution >= 4 is 23.8 Å². The summed E-state index contributed by atoms with van der Waals surface area (Å²) in [5.74, 6) is -1.45. The summed E-state index contributed by atoms with van der Waals surface area (Å²) in [5.41, 5.74) is 0.323. The molecule has 2 unspecified atom stereocenters. The first kappa shape index (κ1) is 28.5. The number of likely N-dealkylation sites (tertiary alicyclic amines) is 1. The van der Waals surface area contributed by atoms with Gasteiger partial charge in [-0.05, 0) is 85.3 Å². The van der Waals surface area contributed by atoms with Crippen LogP contribution in [0, 0.1) is 38.9 Å². The number of amides is 1. The van der Waals surface area contributed by atoms with Crippen molar-refractivity contribution in [2.45, 2.75) is 96.2 Å². The third-order valence-electron chi connectivity index (χ3n) is 13.0. The van der Waals surface area contributed by atoms with E-state index in [4.69, 9.17) is 19.9 Å². The molecule has 44 heavy (non-hydrogen) atoms. The lowest BCUT2D eigenvalue weighted by Gasteiger charge is -2.63. The van der Waals surface area contributed by atoms with Gasteiger partial charge in [0, 0.05) is 13.0 Å². The SMILES string of the molecule is CC(C)(C)[C@]1(O)C[C@@H]2OC(=O)C[C@@]23C(=O)O[C@@H]2N(CC45CC6CC(CC(CN)(C6)C4)C5)C(=O)[C@H](OC(=O)c4ccccc4)[C@]213. The predicted molar refractivity (Wildman–Crippen MR) is 154 cm³/mol. The van der Waals surface area contributed by atoms with E-state index in [1.165, 1.54) is 6.42 Å². The van der Waals surface area contributed by atoms with E-state index in [1.807, 2.05) is 20.8 Å². The maximum atomic E-state index is 14.9. The smallest absolute Gasteiger partial charge is 0.338 e. The van der Waals surface area contributed by atoms with Gasteiger partial charge >= 0.3 is 17.9 Å². The van der Waals surface area contributed by atoms with Gasteiger partial charge < -0.3 is 30.0 Å². The van der Waals surface area contributed by atoms with Crippen molar-refractivity contribution in [1.82, 2.24) is 4.90 Å². The monoisotopic (exact) mass is 606 g/mol. The number of hydrogen-bond donors (Lipinski definition) is 2. The molecule has 3 saturated heterocycles. The Bertz CT molecular complexity index is 1460. The fourth-order valence-corrected chi connectivity index (χ4v) is 11.9. The van der Waals surface area contributed by atoms with Crippen molar-refractivity contribution in [3.05, 3.63) is 35.9 Å². The van der Waals surface area contributed by atoms with Crippen LogP contribution in [-0.4, -0.2) is 70.9 Å². The highest BCUT2D eigenvalue weighted by Gasteiger charge is 2.94. The van der Waals surface area contributed by atoms with Crippen LogP contribution in [-0.2, 0) is 28.6 Å². The quantitative estimate of drug-likeness (QED) is 0.382. The number of hydrogen-bond acceptors (Lipinski definition) is 9. The van der Waals surface area contributed by atoms with Crippen LogP contribution in [0.25, 0.3) is 0 Å². The zero-order valence-corrected chi connectivity index (χ0v) is 25.7. The molecule has 1 aromatic carbocycles. The Morgan fingerprint density at radius 2 is 1.68 bits per heavy atom. The van der Waals surface area contributed by atoms with Gasteiger partial charge in [-0.3, -0.25) is 14.4 Å². The number of carbonyl (C=O) groups is 4. The molecule has 8 atom stereocenters. The molecular weight excluding hydrogens is 564 g/mol. The van der Waals surface area contributed by atoms with Crippen LogP contribution >= 0.6 is 0 Å². The number of nitrogens with zero attached hydrogens (tertiary/aromatic N) is 1. The minimum absolute atomic E-state index is 0.0353. The number of ether oxygens (including phenoxy) is 3. The lowest BCUT2D eigenvalue weighted by atomic mass is 9.44. The van der Waals surface area contributed by atoms with E-state index < -0.39 is 64.1 Å². The first-order valence-electron chi connectivity index (χ1n) is 16.1. The third-order valence-corrected chi connectivity index (χ3v) is 13.0. The Morgan fingerprint density at radius 1 is 1.02 bits per heavy atom. The summed E-state index contributed by atoms with van der Waals surface area (Å²) >= 11 is 0. The van der Waals surface area contributed by atoms with Crippen molar-refractivity contribution < 1.29 is 38.5 Å². The van der Waals surface area contributed by atoms with Gasteiger partial charge in [0.15, 0.2) is 12.3 Å². The topological polar surface area (TPSA) is 145 Å². The Morgan fingerprint density at radius 3 is 2.32 bits per heavy atom. The molecule has 10 heteroatoms. The zero-order chi connectivity index (χ0) is 31.1. The van der Waals surface area contributed by atoms with Crippen molar-refractivity contribution in [3.63, 3.8) is 0 Å². The van der Waals surface area contributed by atoms with E-state index >= 15 is 0 Å². The van der Waals surface area contributed by atoms with Crippen molar-refractivity contribution in [2.24, 2.45) is 44.6 Å². The molecule has 2 spiro atoms. The van der Waals surface area contributed by atoms with Gasteiger partial charge in [0.2, 0.25) is 0 Å². The van der Waals surface area contributed by atoms with Crippen LogP contribution in [0.1, 0.15) is 82.5 Å². The minimum atomic E-state index is -1.77. The number of nitrogens with two attached hydrogens (primary N) is 1. The van der Waals surface area contributed by atoms with Crippen LogP contribution in [0.3, 0.4) is 0 Å². The van der Waals surface area contributed by atoms with Gasteiger partial charge in [-0.2, -0.15) is 0 Å². The van der Waals surface area contributed by atoms with E-state index in [0.29, 0.717) is 24.9 Å². The molecule has 236 valence electrons. The van der Waals surface area contributed by atoms with Gasteiger partial charge in [0.25, 0.3) is 5.91 Å². The summed E-state index contributed by atoms with van der Waals surface area (Å²) in [6.45, 7) is 6.43. The molecular formula is C34H42N2O8. The standard InChI is InChI=1S/C34H42N2O8/c1-29(2,3)33(41)14-22-32(15-23(37)42-22)28(40)44-27-34(32,33)24(43-26(39)21-7-5-4-6-8-21)25(38)36(27)18-31-12-19-9-20(13-31)11-30(10-19,16-31)17-35/h4-8,19-20,22,24,27,41H,9-18,35H2,1-3H3/t19?,20?,22-,24-,27-,30?,31?,32-,33+,34+/m0/s1. The Balaban J connectivity index is 1.29. The lowest BCUT2D eigenvalue weighted by Crippen LogP contribution is -2.66. The molecule has 3 aliphatic heterocycles. The number of esters is 3. The molecule has 1 aromatic rings. The van der Waals surface area contributed by atoms with Crippen molar-refractivity contribution in [3.8, 4) is 0 Å². The average Bonchev–Trinajstić information content (AvgIpc) is 3.56. The molecule has 0 radical (unpaired) electrons. The summed E-state index contributed by atoms with van der Waals surface area (Å²) in [6.07, 6.45) is 1.95. The van der Waals surface area contributed by atoms with Crippen molar-refractivity contribution in [2.75, 3.05) is 13.1 Å². The second kappa shape index (κ2) is 8.63. The molecule has 1 amide bonds. The minimum Gasteiger partial charge on any atom is -0.461 e. The largest absolute Gasteiger partial charge is 0.461 e. The van der Waals surface area contributed by atoms with Crippen LogP contribution in [0.15, 0.2) is 30.3 Å². The second-order valence-corrected chi connectivity index (χ2v) is 16.4. The van der Waals surface area contributed by atoms with Gasteiger partial charge in [0.05, 0.1) is 17.6 Å². The summed E-state index contributed by atoms with van der Waals surface area (Å²) < 4.78 is 18.1. The zero-order valence-electron chi connectivity index (χ0n) is 25.7. The molecule has 0 aromatic heterocycles. The summed E-state index contributed by atoms with van der Waals surface area (Å²) in [5, 5.41) is 13.0. The normalized spacial score (nSPS) is 46.5. The number of aliphatic hydroxyl groups is 1. The second-order valence-electron chi connectivity index (χ2n) is 16.4. The maximum absolute atomic E-state index is 14.9. The van der Waals surface area contributed by atoms with Gasteiger partial charge in [-0.25, -0.2) is 4.79 Å². The molecule has 8 aliphatic rings. The Labute approximate surface area is 256 Å². The van der Waals surface area contributed by atoms with Crippen LogP contribution in [0.5, 0.6) is 0 Å². The highest BCUT2D eigenvalue weighted by atomic mass is 16.6. The highest BCUT2D eigenvalue weighted by molar-refractivity contribution is 5.99. The van der Waals surface area contributed by atoms with E-state index in [2.05, 4.69) is 0 Å². The molecule has 3 heterocycles. The highest BCUT2D eigenvalue weighted by Crippen LogP contribution is 2.77. The van der Waals surface area contributed by atoms with E-state index in [1.54, 1.807) is 35.2 Å². The molecule has 5 saturated carbocycles. The van der Waals surface area contributed by atoms with E-state index in [0.717, 1.165) is 32.1 Å². The maximum Gasteiger partial charge on any atom is 0.338 e. The average molecular weight is 607 g/mol. The van der Waals surface area contributed by atoms with Gasteiger partial charge in [-0.15, -0.1) is 0 Å².